The SMILES string of the molecule is COc1cc(CN2CCCCCCC2)ccc1CN. The lowest BCUT2D eigenvalue weighted by Crippen LogP contribution is -2.26. The van der Waals surface area contributed by atoms with Crippen molar-refractivity contribution < 1.29 is 4.74 Å². The van der Waals surface area contributed by atoms with Crippen LogP contribution in [0.4, 0.5) is 0 Å². The first-order valence-electron chi connectivity index (χ1n) is 7.41. The first-order valence-corrected chi connectivity index (χ1v) is 7.41. The number of benzene rings is 1. The minimum absolute atomic E-state index is 0.535. The third kappa shape index (κ3) is 4.22. The van der Waals surface area contributed by atoms with Crippen LogP contribution in [0, 0.1) is 0 Å². The average Bonchev–Trinajstić information content (AvgIpc) is 2.41. The van der Waals surface area contributed by atoms with E-state index in [9.17, 15) is 0 Å². The molecule has 0 unspecified atom stereocenters. The van der Waals surface area contributed by atoms with Crippen LogP contribution < -0.4 is 10.5 Å². The van der Waals surface area contributed by atoms with Gasteiger partial charge in [0.05, 0.1) is 7.11 Å². The van der Waals surface area contributed by atoms with Crippen molar-refractivity contribution in [3.8, 4) is 5.75 Å². The molecule has 0 atom stereocenters. The van der Waals surface area contributed by atoms with E-state index in [-0.39, 0.29) is 0 Å². The second-order valence-electron chi connectivity index (χ2n) is 5.39. The van der Waals surface area contributed by atoms with Gasteiger partial charge in [0.25, 0.3) is 0 Å². The molecule has 1 aromatic carbocycles. The van der Waals surface area contributed by atoms with Crippen molar-refractivity contribution in [2.75, 3.05) is 20.2 Å². The number of rotatable bonds is 4. The maximum atomic E-state index is 5.71. The molecule has 1 aliphatic rings. The molecule has 1 fully saturated rings. The molecule has 0 bridgehead atoms. The highest BCUT2D eigenvalue weighted by Gasteiger charge is 2.10. The Hall–Kier alpha value is -1.06. The standard InChI is InChI=1S/C16H26N2O/c1-19-16-11-14(7-8-15(16)12-17)13-18-9-5-3-2-4-6-10-18/h7-8,11H,2-6,9-10,12-13,17H2,1H3. The lowest BCUT2D eigenvalue weighted by Gasteiger charge is -2.24. The molecule has 1 saturated heterocycles. The van der Waals surface area contributed by atoms with Crippen LogP contribution in [-0.4, -0.2) is 25.1 Å². The Labute approximate surface area is 116 Å². The molecule has 1 heterocycles. The van der Waals surface area contributed by atoms with E-state index >= 15 is 0 Å². The Balaban J connectivity index is 2.00. The van der Waals surface area contributed by atoms with E-state index in [1.807, 2.05) is 0 Å². The van der Waals surface area contributed by atoms with Crippen LogP contribution in [0.1, 0.15) is 43.2 Å². The summed E-state index contributed by atoms with van der Waals surface area (Å²) in [5, 5.41) is 0. The zero-order chi connectivity index (χ0) is 13.5. The van der Waals surface area contributed by atoms with E-state index in [0.29, 0.717) is 6.54 Å². The van der Waals surface area contributed by atoms with Crippen LogP contribution in [-0.2, 0) is 13.1 Å². The number of nitrogens with two attached hydrogens (primary N) is 1. The highest BCUT2D eigenvalue weighted by atomic mass is 16.5. The lowest BCUT2D eigenvalue weighted by atomic mass is 10.1. The van der Waals surface area contributed by atoms with Crippen LogP contribution in [0.2, 0.25) is 0 Å². The Kier molecular flexibility index (Phi) is 5.67. The van der Waals surface area contributed by atoms with Gasteiger partial charge in [-0.3, -0.25) is 4.90 Å². The summed E-state index contributed by atoms with van der Waals surface area (Å²) in [7, 11) is 1.72. The molecule has 106 valence electrons. The predicted molar refractivity (Wildman–Crippen MR) is 79.2 cm³/mol. The summed E-state index contributed by atoms with van der Waals surface area (Å²) in [5.41, 5.74) is 8.12. The van der Waals surface area contributed by atoms with Gasteiger partial charge in [0.15, 0.2) is 0 Å². The second-order valence-corrected chi connectivity index (χ2v) is 5.39. The van der Waals surface area contributed by atoms with Crippen LogP contribution in [0.15, 0.2) is 18.2 Å². The highest BCUT2D eigenvalue weighted by molar-refractivity contribution is 5.37. The minimum atomic E-state index is 0.535. The summed E-state index contributed by atoms with van der Waals surface area (Å²) in [4.78, 5) is 2.57. The van der Waals surface area contributed by atoms with Gasteiger partial charge in [-0.15, -0.1) is 0 Å². The monoisotopic (exact) mass is 262 g/mol. The molecule has 0 aliphatic carbocycles. The molecular weight excluding hydrogens is 236 g/mol. The fourth-order valence-electron chi connectivity index (χ4n) is 2.79. The van der Waals surface area contributed by atoms with Crippen molar-refractivity contribution in [2.45, 2.75) is 45.2 Å². The molecular formula is C16H26N2O. The topological polar surface area (TPSA) is 38.5 Å². The third-order valence-electron chi connectivity index (χ3n) is 3.93. The summed E-state index contributed by atoms with van der Waals surface area (Å²) in [6.07, 6.45) is 6.83. The fraction of sp³-hybridized carbons (Fsp3) is 0.625. The summed E-state index contributed by atoms with van der Waals surface area (Å²) < 4.78 is 5.41. The van der Waals surface area contributed by atoms with Gasteiger partial charge in [-0.05, 0) is 37.6 Å². The van der Waals surface area contributed by atoms with Gasteiger partial charge in [-0.25, -0.2) is 0 Å². The maximum absolute atomic E-state index is 5.71. The zero-order valence-electron chi connectivity index (χ0n) is 12.0. The van der Waals surface area contributed by atoms with Gasteiger partial charge in [-0.1, -0.05) is 31.4 Å². The molecule has 0 spiro atoms. The van der Waals surface area contributed by atoms with E-state index in [1.54, 1.807) is 7.11 Å². The minimum Gasteiger partial charge on any atom is -0.496 e. The summed E-state index contributed by atoms with van der Waals surface area (Å²) >= 11 is 0. The van der Waals surface area contributed by atoms with E-state index < -0.39 is 0 Å². The first kappa shape index (κ1) is 14.4. The van der Waals surface area contributed by atoms with Gasteiger partial charge in [0.1, 0.15) is 5.75 Å². The summed E-state index contributed by atoms with van der Waals surface area (Å²) in [6, 6.07) is 6.42. The number of hydrogen-bond donors (Lipinski definition) is 1. The Morgan fingerprint density at radius 2 is 1.79 bits per heavy atom. The second kappa shape index (κ2) is 7.51. The molecule has 1 aliphatic heterocycles. The maximum Gasteiger partial charge on any atom is 0.123 e. The number of hydrogen-bond acceptors (Lipinski definition) is 3. The molecule has 0 aromatic heterocycles. The summed E-state index contributed by atoms with van der Waals surface area (Å²) in [6.45, 7) is 4.01. The van der Waals surface area contributed by atoms with Crippen molar-refractivity contribution in [3.63, 3.8) is 0 Å². The Morgan fingerprint density at radius 1 is 1.11 bits per heavy atom. The Bertz CT molecular complexity index is 384. The van der Waals surface area contributed by atoms with E-state index in [2.05, 4.69) is 23.1 Å². The van der Waals surface area contributed by atoms with Crippen molar-refractivity contribution in [3.05, 3.63) is 29.3 Å². The van der Waals surface area contributed by atoms with Crippen LogP contribution in [0.3, 0.4) is 0 Å². The molecule has 3 nitrogen and oxygen atoms in total. The molecule has 2 N–H and O–H groups in total. The smallest absolute Gasteiger partial charge is 0.123 e. The van der Waals surface area contributed by atoms with Crippen LogP contribution in [0.5, 0.6) is 5.75 Å². The average molecular weight is 262 g/mol. The molecule has 2 rings (SSSR count). The third-order valence-corrected chi connectivity index (χ3v) is 3.93. The number of ether oxygens (including phenoxy) is 1. The normalized spacial score (nSPS) is 17.8. The van der Waals surface area contributed by atoms with Gasteiger partial charge in [0, 0.05) is 18.7 Å². The molecule has 0 amide bonds. The highest BCUT2D eigenvalue weighted by Crippen LogP contribution is 2.21. The van der Waals surface area contributed by atoms with Crippen molar-refractivity contribution in [1.29, 1.82) is 0 Å². The zero-order valence-corrected chi connectivity index (χ0v) is 12.0. The largest absolute Gasteiger partial charge is 0.496 e. The van der Waals surface area contributed by atoms with Gasteiger partial charge >= 0.3 is 0 Å². The van der Waals surface area contributed by atoms with Crippen molar-refractivity contribution in [1.82, 2.24) is 4.90 Å². The molecule has 3 heteroatoms. The molecule has 0 saturated carbocycles. The van der Waals surface area contributed by atoms with E-state index in [0.717, 1.165) is 17.9 Å². The van der Waals surface area contributed by atoms with Gasteiger partial charge < -0.3 is 10.5 Å². The lowest BCUT2D eigenvalue weighted by molar-refractivity contribution is 0.239. The predicted octanol–water partition coefficient (Wildman–Crippen LogP) is 2.92. The molecule has 1 aromatic rings. The van der Waals surface area contributed by atoms with Crippen LogP contribution >= 0.6 is 0 Å². The van der Waals surface area contributed by atoms with Crippen molar-refractivity contribution >= 4 is 0 Å². The fourth-order valence-corrected chi connectivity index (χ4v) is 2.79. The van der Waals surface area contributed by atoms with Gasteiger partial charge in [-0.2, -0.15) is 0 Å². The van der Waals surface area contributed by atoms with E-state index in [1.165, 1.54) is 50.8 Å². The number of nitrogens with zero attached hydrogens (tertiary/aromatic N) is 1. The number of likely N-dealkylation sites (tertiary alicyclic amines) is 1. The van der Waals surface area contributed by atoms with Crippen LogP contribution in [0.25, 0.3) is 0 Å². The number of methoxy groups -OCH3 is 1. The molecule has 0 radical (unpaired) electrons. The quantitative estimate of drug-likeness (QED) is 0.906. The van der Waals surface area contributed by atoms with Crippen molar-refractivity contribution in [2.24, 2.45) is 5.73 Å². The Morgan fingerprint density at radius 3 is 2.42 bits per heavy atom. The van der Waals surface area contributed by atoms with E-state index in [4.69, 9.17) is 10.5 Å². The molecule has 19 heavy (non-hydrogen) atoms. The first-order chi connectivity index (χ1) is 9.33. The summed E-state index contributed by atoms with van der Waals surface area (Å²) in [5.74, 6) is 0.923. The van der Waals surface area contributed by atoms with Gasteiger partial charge in [0.2, 0.25) is 0 Å².